The van der Waals surface area contributed by atoms with E-state index in [1.165, 1.54) is 11.8 Å². The second-order valence-electron chi connectivity index (χ2n) is 7.54. The first-order valence-electron chi connectivity index (χ1n) is 10.5. The molecule has 168 valence electrons. The van der Waals surface area contributed by atoms with Crippen molar-refractivity contribution in [2.24, 2.45) is 4.99 Å². The molecule has 0 unspecified atom stereocenters. The molecule has 34 heavy (non-hydrogen) atoms. The number of carbonyl (C=O) groups is 1. The van der Waals surface area contributed by atoms with E-state index in [2.05, 4.69) is 0 Å². The van der Waals surface area contributed by atoms with Crippen LogP contribution < -0.4 is 0 Å². The Bertz CT molecular complexity index is 1400. The zero-order chi connectivity index (χ0) is 23.5. The molecule has 7 heteroatoms. The van der Waals surface area contributed by atoms with E-state index >= 15 is 0 Å². The summed E-state index contributed by atoms with van der Waals surface area (Å²) >= 11 is 13.7. The Morgan fingerprint density at radius 1 is 0.912 bits per heavy atom. The normalized spacial score (nSPS) is 16.1. The molecule has 0 aliphatic carbocycles. The molecular weight excluding hydrogens is 487 g/mol. The van der Waals surface area contributed by atoms with E-state index in [-0.39, 0.29) is 5.91 Å². The summed E-state index contributed by atoms with van der Waals surface area (Å²) in [5.41, 5.74) is 2.55. The zero-order valence-corrected chi connectivity index (χ0v) is 20.1. The molecule has 0 N–H and O–H groups in total. The molecule has 1 saturated heterocycles. The van der Waals surface area contributed by atoms with Crippen LogP contribution in [0.15, 0.2) is 105 Å². The van der Waals surface area contributed by atoms with Crippen LogP contribution in [0.3, 0.4) is 0 Å². The maximum Gasteiger partial charge on any atom is 0.267 e. The maximum absolute atomic E-state index is 13.4. The first-order chi connectivity index (χ1) is 16.6. The number of amides is 1. The molecule has 1 aromatic heterocycles. The highest BCUT2D eigenvalue weighted by Crippen LogP contribution is 2.37. The third-order valence-corrected chi connectivity index (χ3v) is 6.70. The highest BCUT2D eigenvalue weighted by atomic mass is 35.5. The molecule has 1 amide bonds. The number of carbonyl (C=O) groups excluding carboxylic acids is 1. The Labute approximate surface area is 211 Å². The van der Waals surface area contributed by atoms with Crippen LogP contribution in [0.4, 0.5) is 5.69 Å². The van der Waals surface area contributed by atoms with Crippen molar-refractivity contribution in [2.75, 3.05) is 0 Å². The van der Waals surface area contributed by atoms with Crippen LogP contribution >= 0.6 is 35.0 Å². The number of para-hydroxylation sites is 1. The fraction of sp³-hybridized carbons (Fsp3) is 0.0370. The SMILES string of the molecule is O=C1/C(=C\c2ccc(-c3ccc(Cl)cc3Cl)o2)SC(=Nc2ccccc2)N1Cc1ccccc1. The fourth-order valence-corrected chi connectivity index (χ4v) is 4.98. The summed E-state index contributed by atoms with van der Waals surface area (Å²) in [7, 11) is 0. The molecule has 2 heterocycles. The minimum absolute atomic E-state index is 0.119. The van der Waals surface area contributed by atoms with Crippen molar-refractivity contribution in [1.82, 2.24) is 4.90 Å². The summed E-state index contributed by atoms with van der Waals surface area (Å²) in [6.45, 7) is 0.430. The van der Waals surface area contributed by atoms with Gasteiger partial charge in [0.1, 0.15) is 11.5 Å². The third-order valence-electron chi connectivity index (χ3n) is 5.15. The van der Waals surface area contributed by atoms with Crippen LogP contribution in [0.2, 0.25) is 10.0 Å². The van der Waals surface area contributed by atoms with E-state index in [4.69, 9.17) is 32.6 Å². The van der Waals surface area contributed by atoms with E-state index in [1.807, 2.05) is 78.9 Å². The van der Waals surface area contributed by atoms with Gasteiger partial charge in [0.25, 0.3) is 5.91 Å². The number of benzene rings is 3. The van der Waals surface area contributed by atoms with Crippen molar-refractivity contribution in [2.45, 2.75) is 6.54 Å². The minimum atomic E-state index is -0.119. The molecule has 1 aliphatic heterocycles. The number of thioether (sulfide) groups is 1. The van der Waals surface area contributed by atoms with Gasteiger partial charge in [0.15, 0.2) is 5.17 Å². The van der Waals surface area contributed by atoms with Crippen molar-refractivity contribution in [3.63, 3.8) is 0 Å². The standard InChI is InChI=1S/C27H18Cl2N2O2S/c28-19-11-13-22(23(29)15-19)24-14-12-21(33-24)16-25-26(32)31(17-18-7-3-1-4-8-18)27(34-25)30-20-9-5-2-6-10-20/h1-16H,17H2/b25-16+,30-27?. The lowest BCUT2D eigenvalue weighted by Gasteiger charge is -2.15. The number of furan rings is 1. The van der Waals surface area contributed by atoms with E-state index in [0.717, 1.165) is 16.8 Å². The number of halogens is 2. The Balaban J connectivity index is 1.46. The number of hydrogen-bond donors (Lipinski definition) is 0. The first kappa shape index (κ1) is 22.5. The predicted molar refractivity (Wildman–Crippen MR) is 140 cm³/mol. The van der Waals surface area contributed by atoms with Crippen molar-refractivity contribution >= 4 is 57.8 Å². The number of aliphatic imine (C=N–C) groups is 1. The molecule has 0 saturated carbocycles. The van der Waals surface area contributed by atoms with Gasteiger partial charge in [-0.05, 0) is 59.8 Å². The molecule has 3 aromatic carbocycles. The van der Waals surface area contributed by atoms with E-state index in [9.17, 15) is 4.79 Å². The average Bonchev–Trinajstić information content (AvgIpc) is 3.41. The molecule has 4 nitrogen and oxygen atoms in total. The highest BCUT2D eigenvalue weighted by molar-refractivity contribution is 8.18. The van der Waals surface area contributed by atoms with Crippen LogP contribution in [-0.2, 0) is 11.3 Å². The van der Waals surface area contributed by atoms with Gasteiger partial charge < -0.3 is 4.42 Å². The first-order valence-corrected chi connectivity index (χ1v) is 12.1. The van der Waals surface area contributed by atoms with Gasteiger partial charge in [0.05, 0.1) is 22.2 Å². The molecule has 0 atom stereocenters. The van der Waals surface area contributed by atoms with Crippen molar-refractivity contribution < 1.29 is 9.21 Å². The number of rotatable bonds is 5. The number of nitrogens with zero attached hydrogens (tertiary/aromatic N) is 2. The quantitative estimate of drug-likeness (QED) is 0.258. The van der Waals surface area contributed by atoms with Crippen LogP contribution in [0.5, 0.6) is 0 Å². The summed E-state index contributed by atoms with van der Waals surface area (Å²) < 4.78 is 5.98. The summed E-state index contributed by atoms with van der Waals surface area (Å²) in [5.74, 6) is 1.03. The van der Waals surface area contributed by atoms with Crippen LogP contribution in [0.1, 0.15) is 11.3 Å². The second kappa shape index (κ2) is 9.94. The summed E-state index contributed by atoms with van der Waals surface area (Å²) in [5, 5.41) is 1.68. The topological polar surface area (TPSA) is 45.8 Å². The fourth-order valence-electron chi connectivity index (χ4n) is 3.50. The predicted octanol–water partition coefficient (Wildman–Crippen LogP) is 8.06. The zero-order valence-electron chi connectivity index (χ0n) is 17.8. The summed E-state index contributed by atoms with van der Waals surface area (Å²) in [4.78, 5) is 20.3. The van der Waals surface area contributed by atoms with Gasteiger partial charge in [0.2, 0.25) is 0 Å². The van der Waals surface area contributed by atoms with Gasteiger partial charge in [-0.1, -0.05) is 71.7 Å². The van der Waals surface area contributed by atoms with Gasteiger partial charge in [0, 0.05) is 16.7 Å². The Kier molecular flexibility index (Phi) is 6.59. The average molecular weight is 505 g/mol. The number of hydrogen-bond acceptors (Lipinski definition) is 4. The minimum Gasteiger partial charge on any atom is -0.457 e. The largest absolute Gasteiger partial charge is 0.457 e. The highest BCUT2D eigenvalue weighted by Gasteiger charge is 2.33. The van der Waals surface area contributed by atoms with Crippen molar-refractivity contribution in [3.8, 4) is 11.3 Å². The van der Waals surface area contributed by atoms with Gasteiger partial charge in [-0.15, -0.1) is 0 Å². The maximum atomic E-state index is 13.4. The Morgan fingerprint density at radius 2 is 1.65 bits per heavy atom. The summed E-state index contributed by atoms with van der Waals surface area (Å²) in [6, 6.07) is 28.3. The lowest BCUT2D eigenvalue weighted by molar-refractivity contribution is -0.122. The molecule has 5 rings (SSSR count). The molecule has 0 radical (unpaired) electrons. The molecule has 0 bridgehead atoms. The Hall–Kier alpha value is -3.25. The monoisotopic (exact) mass is 504 g/mol. The van der Waals surface area contributed by atoms with Crippen molar-refractivity contribution in [1.29, 1.82) is 0 Å². The van der Waals surface area contributed by atoms with Crippen LogP contribution in [-0.4, -0.2) is 16.0 Å². The third kappa shape index (κ3) is 4.97. The van der Waals surface area contributed by atoms with Crippen molar-refractivity contribution in [3.05, 3.63) is 117 Å². The molecule has 1 aliphatic rings. The van der Waals surface area contributed by atoms with Gasteiger partial charge in [-0.3, -0.25) is 9.69 Å². The van der Waals surface area contributed by atoms with Crippen LogP contribution in [0.25, 0.3) is 17.4 Å². The van der Waals surface area contributed by atoms with E-state index in [0.29, 0.717) is 38.2 Å². The summed E-state index contributed by atoms with van der Waals surface area (Å²) in [6.07, 6.45) is 1.74. The lowest BCUT2D eigenvalue weighted by Crippen LogP contribution is -2.28. The van der Waals surface area contributed by atoms with Gasteiger partial charge in [-0.25, -0.2) is 4.99 Å². The van der Waals surface area contributed by atoms with Gasteiger partial charge in [-0.2, -0.15) is 0 Å². The molecule has 4 aromatic rings. The number of amidine groups is 1. The lowest BCUT2D eigenvalue weighted by atomic mass is 10.2. The van der Waals surface area contributed by atoms with Gasteiger partial charge >= 0.3 is 0 Å². The molecule has 1 fully saturated rings. The second-order valence-corrected chi connectivity index (χ2v) is 9.40. The smallest absolute Gasteiger partial charge is 0.267 e. The van der Waals surface area contributed by atoms with E-state index in [1.54, 1.807) is 23.1 Å². The van der Waals surface area contributed by atoms with E-state index < -0.39 is 0 Å². The Morgan fingerprint density at radius 3 is 2.38 bits per heavy atom. The van der Waals surface area contributed by atoms with Crippen LogP contribution in [0, 0.1) is 0 Å². The molecular formula is C27H18Cl2N2O2S. The molecule has 0 spiro atoms.